The molecule has 2 aromatic carbocycles. The Hall–Kier alpha value is -1.78. The molecule has 3 nitrogen and oxygen atoms in total. The van der Waals surface area contributed by atoms with Crippen molar-refractivity contribution in [2.45, 2.75) is 97.2 Å². The first kappa shape index (κ1) is 25.8. The van der Waals surface area contributed by atoms with Gasteiger partial charge in [-0.25, -0.2) is 0 Å². The first-order chi connectivity index (χ1) is 15.6. The van der Waals surface area contributed by atoms with Gasteiger partial charge in [-0.1, -0.05) is 53.7 Å². The Morgan fingerprint density at radius 3 is 1.94 bits per heavy atom. The summed E-state index contributed by atoms with van der Waals surface area (Å²) in [6.45, 7) is 18.8. The predicted molar refractivity (Wildman–Crippen MR) is 141 cm³/mol. The molecule has 0 heterocycles. The summed E-state index contributed by atoms with van der Waals surface area (Å²) in [5.41, 5.74) is 8.42. The van der Waals surface area contributed by atoms with E-state index in [1.165, 1.54) is 40.7 Å². The molecule has 33 heavy (non-hydrogen) atoms. The van der Waals surface area contributed by atoms with Gasteiger partial charge in [0.1, 0.15) is 11.5 Å². The second-order valence-electron chi connectivity index (χ2n) is 10.8. The third-order valence-corrected chi connectivity index (χ3v) is 13.5. The van der Waals surface area contributed by atoms with Crippen molar-refractivity contribution in [3.05, 3.63) is 58.1 Å². The monoisotopic (exact) mass is 468 g/mol. The van der Waals surface area contributed by atoms with E-state index in [1.807, 2.05) is 0 Å². The van der Waals surface area contributed by atoms with Gasteiger partial charge < -0.3 is 13.9 Å². The van der Waals surface area contributed by atoms with Crippen molar-refractivity contribution in [2.24, 2.45) is 0 Å². The van der Waals surface area contributed by atoms with Gasteiger partial charge in [0.05, 0.1) is 0 Å². The molecule has 182 valence electrons. The van der Waals surface area contributed by atoms with Crippen LogP contribution in [-0.2, 0) is 11.2 Å². The summed E-state index contributed by atoms with van der Waals surface area (Å²) in [7, 11) is -0.294. The highest BCUT2D eigenvalue weighted by molar-refractivity contribution is 6.78. The summed E-state index contributed by atoms with van der Waals surface area (Å²) in [5.74, 6) is 2.66. The minimum absolute atomic E-state index is 0.298. The molecule has 0 N–H and O–H groups in total. The molecule has 4 heteroatoms. The molecule has 0 spiro atoms. The van der Waals surface area contributed by atoms with E-state index in [0.717, 1.165) is 17.9 Å². The average molecular weight is 469 g/mol. The molecular weight excluding hydrogens is 424 g/mol. The van der Waals surface area contributed by atoms with E-state index >= 15 is 0 Å². The lowest BCUT2D eigenvalue weighted by Gasteiger charge is -2.42. The molecule has 0 bridgehead atoms. The van der Waals surface area contributed by atoms with Crippen LogP contribution in [0.3, 0.4) is 0 Å². The second kappa shape index (κ2) is 10.6. The molecule has 1 aliphatic carbocycles. The van der Waals surface area contributed by atoms with E-state index in [4.69, 9.17) is 13.9 Å². The molecular formula is C29H44O3Si. The predicted octanol–water partition coefficient (Wildman–Crippen LogP) is 8.31. The summed E-state index contributed by atoms with van der Waals surface area (Å²) in [5, 5.41) is 0. The van der Waals surface area contributed by atoms with Crippen LogP contribution < -0.4 is 9.16 Å². The van der Waals surface area contributed by atoms with Gasteiger partial charge in [0.15, 0.2) is 6.79 Å². The Labute approximate surface area is 203 Å². The van der Waals surface area contributed by atoms with Crippen molar-refractivity contribution in [1.82, 2.24) is 0 Å². The van der Waals surface area contributed by atoms with Gasteiger partial charge in [-0.3, -0.25) is 0 Å². The zero-order chi connectivity index (χ0) is 24.3. The van der Waals surface area contributed by atoms with Gasteiger partial charge in [-0.2, -0.15) is 0 Å². The summed E-state index contributed by atoms with van der Waals surface area (Å²) in [6, 6.07) is 11.2. The van der Waals surface area contributed by atoms with Crippen LogP contribution in [0.5, 0.6) is 11.5 Å². The molecule has 1 aliphatic rings. The van der Waals surface area contributed by atoms with Crippen molar-refractivity contribution in [3.63, 3.8) is 0 Å². The van der Waals surface area contributed by atoms with Crippen LogP contribution in [0.25, 0.3) is 0 Å². The van der Waals surface area contributed by atoms with E-state index in [9.17, 15) is 0 Å². The fraction of sp³-hybridized carbons (Fsp3) is 0.586. The van der Waals surface area contributed by atoms with Gasteiger partial charge in [0.25, 0.3) is 8.32 Å². The smallest absolute Gasteiger partial charge is 0.258 e. The maximum absolute atomic E-state index is 6.98. The molecule has 0 saturated heterocycles. The van der Waals surface area contributed by atoms with Gasteiger partial charge in [0, 0.05) is 7.11 Å². The minimum atomic E-state index is -1.96. The number of ether oxygens (including phenoxy) is 2. The quantitative estimate of drug-likeness (QED) is 0.245. The van der Waals surface area contributed by atoms with Crippen molar-refractivity contribution in [2.75, 3.05) is 13.9 Å². The zero-order valence-electron chi connectivity index (χ0n) is 22.2. The van der Waals surface area contributed by atoms with E-state index < -0.39 is 8.32 Å². The molecule has 0 unspecified atom stereocenters. The third kappa shape index (κ3) is 5.66. The highest BCUT2D eigenvalue weighted by Crippen LogP contribution is 2.45. The number of hydrogen-bond donors (Lipinski definition) is 0. The average Bonchev–Trinajstić information content (AvgIpc) is 3.58. The Bertz CT molecular complexity index is 899. The normalized spacial score (nSPS) is 14.4. The molecule has 1 fully saturated rings. The third-order valence-electron chi connectivity index (χ3n) is 7.48. The van der Waals surface area contributed by atoms with Crippen LogP contribution in [0.15, 0.2) is 30.3 Å². The largest absolute Gasteiger partial charge is 0.543 e. The molecule has 2 aromatic rings. The van der Waals surface area contributed by atoms with E-state index in [0.29, 0.717) is 29.3 Å². The van der Waals surface area contributed by atoms with E-state index in [2.05, 4.69) is 85.7 Å². The Morgan fingerprint density at radius 2 is 1.45 bits per heavy atom. The molecule has 0 atom stereocenters. The van der Waals surface area contributed by atoms with Crippen LogP contribution in [-0.4, -0.2) is 22.2 Å². The molecule has 0 amide bonds. The van der Waals surface area contributed by atoms with Crippen LogP contribution >= 0.6 is 0 Å². The lowest BCUT2D eigenvalue weighted by molar-refractivity contribution is 0.0504. The van der Waals surface area contributed by atoms with Crippen LogP contribution in [0.2, 0.25) is 16.6 Å². The van der Waals surface area contributed by atoms with Gasteiger partial charge in [-0.05, 0) is 102 Å². The fourth-order valence-corrected chi connectivity index (χ4v) is 11.0. The second-order valence-corrected chi connectivity index (χ2v) is 16.2. The standard InChI is InChI=1S/C29H44O3Si/c1-19(2)33(20(3)4,21(5)6)32-26-14-22(7)27(23(8)15-26)16-24-10-13-29(31-18-30-9)28(17-24)25-11-12-25/h10,13-15,17,19-21,25H,11-12,16,18H2,1-9H3. The van der Waals surface area contributed by atoms with Crippen molar-refractivity contribution in [3.8, 4) is 11.5 Å². The summed E-state index contributed by atoms with van der Waals surface area (Å²) >= 11 is 0. The lowest BCUT2D eigenvalue weighted by atomic mass is 9.94. The summed E-state index contributed by atoms with van der Waals surface area (Å²) in [4.78, 5) is 0. The molecule has 0 aromatic heterocycles. The Morgan fingerprint density at radius 1 is 0.879 bits per heavy atom. The highest BCUT2D eigenvalue weighted by Gasteiger charge is 2.47. The lowest BCUT2D eigenvalue weighted by Crippen LogP contribution is -2.50. The Balaban J connectivity index is 1.87. The first-order valence-electron chi connectivity index (χ1n) is 12.6. The summed E-state index contributed by atoms with van der Waals surface area (Å²) < 4.78 is 17.9. The van der Waals surface area contributed by atoms with Crippen LogP contribution in [0.1, 0.15) is 88.1 Å². The molecule has 1 saturated carbocycles. The number of hydrogen-bond acceptors (Lipinski definition) is 3. The molecule has 0 aliphatic heterocycles. The number of methoxy groups -OCH3 is 1. The van der Waals surface area contributed by atoms with Crippen LogP contribution in [0, 0.1) is 13.8 Å². The van der Waals surface area contributed by atoms with E-state index in [-0.39, 0.29) is 0 Å². The van der Waals surface area contributed by atoms with Gasteiger partial charge >= 0.3 is 0 Å². The molecule has 0 radical (unpaired) electrons. The SMILES string of the molecule is COCOc1ccc(Cc2c(C)cc(O[Si](C(C)C)(C(C)C)C(C)C)cc2C)cc1C1CC1. The van der Waals surface area contributed by atoms with Crippen LogP contribution in [0.4, 0.5) is 0 Å². The van der Waals surface area contributed by atoms with Gasteiger partial charge in [0.2, 0.25) is 0 Å². The maximum Gasteiger partial charge on any atom is 0.258 e. The molecule has 3 rings (SSSR count). The number of benzene rings is 2. The van der Waals surface area contributed by atoms with Crippen molar-refractivity contribution in [1.29, 1.82) is 0 Å². The Kier molecular flexibility index (Phi) is 8.34. The fourth-order valence-electron chi connectivity index (χ4n) is 5.73. The topological polar surface area (TPSA) is 27.7 Å². The minimum Gasteiger partial charge on any atom is -0.543 e. The van der Waals surface area contributed by atoms with Crippen molar-refractivity contribution >= 4 is 8.32 Å². The number of aryl methyl sites for hydroxylation is 2. The first-order valence-corrected chi connectivity index (χ1v) is 14.8. The van der Waals surface area contributed by atoms with E-state index in [1.54, 1.807) is 7.11 Å². The number of rotatable bonds is 11. The maximum atomic E-state index is 6.98. The summed E-state index contributed by atoms with van der Waals surface area (Å²) in [6.07, 6.45) is 3.44. The van der Waals surface area contributed by atoms with Gasteiger partial charge in [-0.15, -0.1) is 0 Å². The van der Waals surface area contributed by atoms with Crippen molar-refractivity contribution < 1.29 is 13.9 Å². The zero-order valence-corrected chi connectivity index (χ0v) is 23.2. The highest BCUT2D eigenvalue weighted by atomic mass is 28.4.